The number of nitrogens with one attached hydrogen (secondary N) is 3. The molecule has 17 heavy (non-hydrogen) atoms. The molecule has 0 radical (unpaired) electrons. The lowest BCUT2D eigenvalue weighted by atomic mass is 10.0. The first-order chi connectivity index (χ1) is 8.19. The van der Waals surface area contributed by atoms with E-state index in [1.54, 1.807) is 0 Å². The maximum Gasteiger partial charge on any atom is 0.231 e. The summed E-state index contributed by atoms with van der Waals surface area (Å²) < 4.78 is 0. The van der Waals surface area contributed by atoms with Crippen LogP contribution in [0, 0.1) is 0 Å². The topological polar surface area (TPSA) is 53.2 Å². The number of carbonyl (C=O) groups is 1. The maximum absolute atomic E-state index is 11.6. The minimum Gasteiger partial charge on any atom is -0.364 e. The standard InChI is InChI=1S/C13H17N3O/c1-3-4-12-14-10-5-8-7(2)13(17)16-9(8)6-11(10)15-12/h5-7,12,14-15H,3-4H2,1-2H3,(H,16,17). The van der Waals surface area contributed by atoms with Crippen LogP contribution in [0.4, 0.5) is 17.1 Å². The van der Waals surface area contributed by atoms with Crippen molar-refractivity contribution in [3.8, 4) is 0 Å². The molecule has 2 aliphatic heterocycles. The molecule has 0 bridgehead atoms. The molecule has 2 atom stereocenters. The number of hydrogen-bond acceptors (Lipinski definition) is 3. The fraction of sp³-hybridized carbons (Fsp3) is 0.462. The first-order valence-corrected chi connectivity index (χ1v) is 6.21. The molecule has 1 amide bonds. The molecule has 2 heterocycles. The Labute approximate surface area is 101 Å². The number of fused-ring (bicyclic) bond motifs is 2. The summed E-state index contributed by atoms with van der Waals surface area (Å²) in [5.41, 5.74) is 4.26. The van der Waals surface area contributed by atoms with E-state index in [9.17, 15) is 4.79 Å². The van der Waals surface area contributed by atoms with E-state index >= 15 is 0 Å². The lowest BCUT2D eigenvalue weighted by Gasteiger charge is -2.09. The molecule has 0 aromatic heterocycles. The molecular formula is C13H17N3O. The first kappa shape index (κ1) is 10.4. The summed E-state index contributed by atoms with van der Waals surface area (Å²) in [5, 5.41) is 9.80. The third-order valence-electron chi connectivity index (χ3n) is 3.54. The summed E-state index contributed by atoms with van der Waals surface area (Å²) in [6, 6.07) is 4.13. The van der Waals surface area contributed by atoms with Gasteiger partial charge in [-0.3, -0.25) is 4.79 Å². The summed E-state index contributed by atoms with van der Waals surface area (Å²) in [6.07, 6.45) is 2.57. The number of benzene rings is 1. The van der Waals surface area contributed by atoms with Crippen LogP contribution in [0.5, 0.6) is 0 Å². The molecule has 2 aliphatic rings. The van der Waals surface area contributed by atoms with Gasteiger partial charge in [-0.05, 0) is 31.0 Å². The highest BCUT2D eigenvalue weighted by atomic mass is 16.2. The molecular weight excluding hydrogens is 214 g/mol. The number of amides is 1. The Hall–Kier alpha value is -1.71. The molecule has 3 rings (SSSR count). The Balaban J connectivity index is 1.93. The zero-order chi connectivity index (χ0) is 12.0. The van der Waals surface area contributed by atoms with Crippen LogP contribution in [-0.4, -0.2) is 12.1 Å². The van der Waals surface area contributed by atoms with Crippen LogP contribution in [0.1, 0.15) is 38.2 Å². The minimum absolute atomic E-state index is 0.0395. The van der Waals surface area contributed by atoms with Gasteiger partial charge in [0, 0.05) is 5.69 Å². The van der Waals surface area contributed by atoms with Gasteiger partial charge in [0.05, 0.1) is 23.5 Å². The van der Waals surface area contributed by atoms with Crippen LogP contribution in [0.3, 0.4) is 0 Å². The lowest BCUT2D eigenvalue weighted by molar-refractivity contribution is -0.116. The predicted molar refractivity (Wildman–Crippen MR) is 69.4 cm³/mol. The average Bonchev–Trinajstić information content (AvgIpc) is 2.79. The molecule has 2 unspecified atom stereocenters. The summed E-state index contributed by atoms with van der Waals surface area (Å²) in [7, 11) is 0. The van der Waals surface area contributed by atoms with Crippen LogP contribution in [0.15, 0.2) is 12.1 Å². The summed E-state index contributed by atoms with van der Waals surface area (Å²) in [5.74, 6) is 0.0520. The lowest BCUT2D eigenvalue weighted by Crippen LogP contribution is -2.21. The van der Waals surface area contributed by atoms with Crippen molar-refractivity contribution in [1.29, 1.82) is 0 Å². The van der Waals surface area contributed by atoms with Crippen LogP contribution >= 0.6 is 0 Å². The smallest absolute Gasteiger partial charge is 0.231 e. The van der Waals surface area contributed by atoms with E-state index in [1.807, 2.05) is 13.0 Å². The second kappa shape index (κ2) is 3.65. The van der Waals surface area contributed by atoms with Gasteiger partial charge < -0.3 is 16.0 Å². The van der Waals surface area contributed by atoms with Crippen molar-refractivity contribution < 1.29 is 4.79 Å². The second-order valence-electron chi connectivity index (χ2n) is 4.83. The van der Waals surface area contributed by atoms with Crippen molar-refractivity contribution in [3.63, 3.8) is 0 Å². The molecule has 0 fully saturated rings. The molecule has 4 nitrogen and oxygen atoms in total. The van der Waals surface area contributed by atoms with Crippen LogP contribution < -0.4 is 16.0 Å². The van der Waals surface area contributed by atoms with Gasteiger partial charge in [-0.15, -0.1) is 0 Å². The highest BCUT2D eigenvalue weighted by molar-refractivity contribution is 6.04. The van der Waals surface area contributed by atoms with Crippen molar-refractivity contribution in [3.05, 3.63) is 17.7 Å². The van der Waals surface area contributed by atoms with Crippen molar-refractivity contribution in [2.24, 2.45) is 0 Å². The Bertz CT molecular complexity index is 484. The number of hydrogen-bond donors (Lipinski definition) is 3. The molecule has 0 saturated carbocycles. The monoisotopic (exact) mass is 231 g/mol. The summed E-state index contributed by atoms with van der Waals surface area (Å²) >= 11 is 0. The van der Waals surface area contributed by atoms with E-state index < -0.39 is 0 Å². The quantitative estimate of drug-likeness (QED) is 0.733. The Morgan fingerprint density at radius 2 is 1.88 bits per heavy atom. The summed E-state index contributed by atoms with van der Waals surface area (Å²) in [4.78, 5) is 11.6. The number of rotatable bonds is 2. The SMILES string of the molecule is CCCC1Nc2cc3c(cc2N1)C(C)C(=O)N3. The number of carbonyl (C=O) groups excluding carboxylic acids is 1. The van der Waals surface area contributed by atoms with E-state index in [-0.39, 0.29) is 11.8 Å². The van der Waals surface area contributed by atoms with Gasteiger partial charge in [0.25, 0.3) is 0 Å². The van der Waals surface area contributed by atoms with Gasteiger partial charge in [0.2, 0.25) is 5.91 Å². The van der Waals surface area contributed by atoms with Gasteiger partial charge in [-0.2, -0.15) is 0 Å². The minimum atomic E-state index is -0.0395. The van der Waals surface area contributed by atoms with Crippen LogP contribution in [0.2, 0.25) is 0 Å². The highest BCUT2D eigenvalue weighted by Crippen LogP contribution is 2.41. The van der Waals surface area contributed by atoms with Crippen molar-refractivity contribution >= 4 is 23.0 Å². The molecule has 90 valence electrons. The Morgan fingerprint density at radius 3 is 2.59 bits per heavy atom. The van der Waals surface area contributed by atoms with Crippen molar-refractivity contribution in [2.75, 3.05) is 16.0 Å². The Kier molecular flexibility index (Phi) is 2.24. The second-order valence-corrected chi connectivity index (χ2v) is 4.83. The van der Waals surface area contributed by atoms with Crippen LogP contribution in [0.25, 0.3) is 0 Å². The largest absolute Gasteiger partial charge is 0.364 e. The van der Waals surface area contributed by atoms with E-state index in [2.05, 4.69) is 28.9 Å². The van der Waals surface area contributed by atoms with Crippen molar-refractivity contribution in [2.45, 2.75) is 38.8 Å². The van der Waals surface area contributed by atoms with Gasteiger partial charge in [0.15, 0.2) is 0 Å². The average molecular weight is 231 g/mol. The van der Waals surface area contributed by atoms with Gasteiger partial charge >= 0.3 is 0 Å². The van der Waals surface area contributed by atoms with Crippen molar-refractivity contribution in [1.82, 2.24) is 0 Å². The van der Waals surface area contributed by atoms with Gasteiger partial charge in [-0.25, -0.2) is 0 Å². The molecule has 0 saturated heterocycles. The molecule has 1 aromatic carbocycles. The van der Waals surface area contributed by atoms with E-state index in [4.69, 9.17) is 0 Å². The summed E-state index contributed by atoms with van der Waals surface area (Å²) in [6.45, 7) is 4.12. The van der Waals surface area contributed by atoms with Gasteiger partial charge in [0.1, 0.15) is 0 Å². The fourth-order valence-corrected chi connectivity index (χ4v) is 2.55. The maximum atomic E-state index is 11.6. The first-order valence-electron chi connectivity index (χ1n) is 6.21. The highest BCUT2D eigenvalue weighted by Gasteiger charge is 2.30. The van der Waals surface area contributed by atoms with Crippen LogP contribution in [-0.2, 0) is 4.79 Å². The van der Waals surface area contributed by atoms with E-state index in [0.717, 1.165) is 35.5 Å². The number of anilines is 3. The van der Waals surface area contributed by atoms with Gasteiger partial charge in [-0.1, -0.05) is 13.3 Å². The predicted octanol–water partition coefficient (Wildman–Crippen LogP) is 2.71. The fourth-order valence-electron chi connectivity index (χ4n) is 2.55. The molecule has 4 heteroatoms. The normalized spacial score (nSPS) is 24.7. The third-order valence-corrected chi connectivity index (χ3v) is 3.54. The third kappa shape index (κ3) is 1.55. The molecule has 0 aliphatic carbocycles. The van der Waals surface area contributed by atoms with E-state index in [1.165, 1.54) is 0 Å². The molecule has 3 N–H and O–H groups in total. The van der Waals surface area contributed by atoms with E-state index in [0.29, 0.717) is 6.17 Å². The zero-order valence-corrected chi connectivity index (χ0v) is 10.1. The molecule has 0 spiro atoms. The zero-order valence-electron chi connectivity index (χ0n) is 10.1. The molecule has 1 aromatic rings. The Morgan fingerprint density at radius 1 is 1.18 bits per heavy atom.